The molecule has 2 aliphatic heterocycles. The van der Waals surface area contributed by atoms with Crippen molar-refractivity contribution < 1.29 is 34.8 Å². The molecule has 2 heterocycles. The standard InChI is InChI=1S/C17H32N2O7/c1-9(21)18-12-14(23)13(22)11(8-20)26-15(12)25-10-6-16(2,3)19(24)17(4,5)7-10/h10-15,20,22-24H,6-8H2,1-5H3,(H,18,21). The van der Waals surface area contributed by atoms with E-state index in [-0.39, 0.29) is 6.10 Å². The van der Waals surface area contributed by atoms with Gasteiger partial charge in [0.2, 0.25) is 5.91 Å². The molecule has 9 heteroatoms. The number of carbonyl (C=O) groups is 1. The van der Waals surface area contributed by atoms with Crippen LogP contribution in [-0.2, 0) is 14.3 Å². The second-order valence-electron chi connectivity index (χ2n) is 8.54. The predicted octanol–water partition coefficient (Wildman–Crippen LogP) is -0.642. The minimum absolute atomic E-state index is 0.313. The summed E-state index contributed by atoms with van der Waals surface area (Å²) in [5, 5.41) is 44.1. The second kappa shape index (κ2) is 7.67. The van der Waals surface area contributed by atoms with Gasteiger partial charge in [0.05, 0.1) is 12.7 Å². The minimum atomic E-state index is -1.34. The molecule has 0 saturated carbocycles. The minimum Gasteiger partial charge on any atom is -0.394 e. The highest BCUT2D eigenvalue weighted by Crippen LogP contribution is 2.39. The molecule has 2 saturated heterocycles. The zero-order chi connectivity index (χ0) is 19.9. The van der Waals surface area contributed by atoms with E-state index >= 15 is 0 Å². The molecular formula is C17H32N2O7. The maximum absolute atomic E-state index is 11.5. The molecule has 1 amide bonds. The highest BCUT2D eigenvalue weighted by Gasteiger charge is 2.50. The summed E-state index contributed by atoms with van der Waals surface area (Å²) in [6.45, 7) is 8.39. The van der Waals surface area contributed by atoms with Crippen molar-refractivity contribution in [2.75, 3.05) is 6.61 Å². The van der Waals surface area contributed by atoms with E-state index in [1.54, 1.807) is 0 Å². The van der Waals surface area contributed by atoms with Gasteiger partial charge in [-0.1, -0.05) is 0 Å². The van der Waals surface area contributed by atoms with E-state index in [0.29, 0.717) is 12.8 Å². The molecule has 0 aliphatic carbocycles. The van der Waals surface area contributed by atoms with Crippen molar-refractivity contribution in [3.8, 4) is 0 Å². The first-order valence-corrected chi connectivity index (χ1v) is 8.93. The molecule has 2 rings (SSSR count). The number of rotatable bonds is 4. The highest BCUT2D eigenvalue weighted by atomic mass is 16.7. The van der Waals surface area contributed by atoms with Gasteiger partial charge >= 0.3 is 0 Å². The van der Waals surface area contributed by atoms with Gasteiger partial charge < -0.3 is 35.3 Å². The van der Waals surface area contributed by atoms with Crippen LogP contribution in [0, 0.1) is 0 Å². The predicted molar refractivity (Wildman–Crippen MR) is 91.3 cm³/mol. The number of aliphatic hydroxyl groups is 3. The first-order chi connectivity index (χ1) is 11.9. The summed E-state index contributed by atoms with van der Waals surface area (Å²) in [6.07, 6.45) is -4.04. The number of ether oxygens (including phenoxy) is 2. The summed E-state index contributed by atoms with van der Waals surface area (Å²) >= 11 is 0. The van der Waals surface area contributed by atoms with Crippen LogP contribution in [0.1, 0.15) is 47.5 Å². The summed E-state index contributed by atoms with van der Waals surface area (Å²) in [5.41, 5.74) is -1.09. The Kier molecular flexibility index (Phi) is 6.34. The van der Waals surface area contributed by atoms with Crippen molar-refractivity contribution in [2.24, 2.45) is 0 Å². The Hall–Kier alpha value is -0.810. The number of aliphatic hydroxyl groups excluding tert-OH is 3. The fourth-order valence-electron chi connectivity index (χ4n) is 4.05. The Bertz CT molecular complexity index is 495. The van der Waals surface area contributed by atoms with Gasteiger partial charge in [-0.25, -0.2) is 0 Å². The lowest BCUT2D eigenvalue weighted by molar-refractivity contribution is -0.310. The Morgan fingerprint density at radius 2 is 1.73 bits per heavy atom. The zero-order valence-corrected chi connectivity index (χ0v) is 16.0. The Labute approximate surface area is 153 Å². The smallest absolute Gasteiger partial charge is 0.217 e. The molecule has 2 aliphatic rings. The van der Waals surface area contributed by atoms with Crippen LogP contribution in [0.4, 0.5) is 0 Å². The molecule has 152 valence electrons. The summed E-state index contributed by atoms with van der Waals surface area (Å²) < 4.78 is 11.7. The number of hydroxylamine groups is 2. The lowest BCUT2D eigenvalue weighted by atomic mass is 9.80. The average Bonchev–Trinajstić information content (AvgIpc) is 2.51. The summed E-state index contributed by atoms with van der Waals surface area (Å²) in [7, 11) is 0. The van der Waals surface area contributed by atoms with Gasteiger partial charge in [-0.05, 0) is 40.5 Å². The molecule has 2 fully saturated rings. The van der Waals surface area contributed by atoms with Crippen molar-refractivity contribution in [3.63, 3.8) is 0 Å². The number of amides is 1. The number of nitrogens with one attached hydrogen (secondary N) is 1. The van der Waals surface area contributed by atoms with E-state index in [2.05, 4.69) is 5.32 Å². The molecule has 5 N–H and O–H groups in total. The van der Waals surface area contributed by atoms with Crippen LogP contribution in [0.2, 0.25) is 0 Å². The maximum atomic E-state index is 11.5. The topological polar surface area (TPSA) is 132 Å². The molecule has 0 radical (unpaired) electrons. The average molecular weight is 376 g/mol. The number of carbonyl (C=O) groups excluding carboxylic acids is 1. The van der Waals surface area contributed by atoms with Gasteiger partial charge in [-0.2, -0.15) is 5.06 Å². The van der Waals surface area contributed by atoms with Gasteiger partial charge in [-0.3, -0.25) is 4.79 Å². The third kappa shape index (κ3) is 4.36. The monoisotopic (exact) mass is 376 g/mol. The van der Waals surface area contributed by atoms with Gasteiger partial charge in [0.25, 0.3) is 0 Å². The Morgan fingerprint density at radius 3 is 2.19 bits per heavy atom. The van der Waals surface area contributed by atoms with Crippen LogP contribution in [0.15, 0.2) is 0 Å². The van der Waals surface area contributed by atoms with Crippen molar-refractivity contribution >= 4 is 5.91 Å². The number of hydrogen-bond donors (Lipinski definition) is 5. The zero-order valence-electron chi connectivity index (χ0n) is 16.0. The van der Waals surface area contributed by atoms with E-state index in [1.807, 2.05) is 27.7 Å². The molecule has 26 heavy (non-hydrogen) atoms. The van der Waals surface area contributed by atoms with E-state index in [9.17, 15) is 25.3 Å². The molecule has 0 bridgehead atoms. The van der Waals surface area contributed by atoms with Gasteiger partial charge in [0, 0.05) is 18.0 Å². The van der Waals surface area contributed by atoms with E-state index in [4.69, 9.17) is 9.47 Å². The van der Waals surface area contributed by atoms with Crippen LogP contribution in [0.25, 0.3) is 0 Å². The first-order valence-electron chi connectivity index (χ1n) is 8.93. The molecule has 0 aromatic rings. The van der Waals surface area contributed by atoms with Gasteiger partial charge in [0.15, 0.2) is 6.29 Å². The first kappa shape index (κ1) is 21.5. The number of piperidine rings is 1. The lowest BCUT2D eigenvalue weighted by Crippen LogP contribution is -2.66. The Morgan fingerprint density at radius 1 is 1.19 bits per heavy atom. The fraction of sp³-hybridized carbons (Fsp3) is 0.941. The van der Waals surface area contributed by atoms with Crippen molar-refractivity contribution in [1.29, 1.82) is 0 Å². The van der Waals surface area contributed by atoms with Gasteiger partial charge in [0.1, 0.15) is 24.4 Å². The van der Waals surface area contributed by atoms with Crippen molar-refractivity contribution in [1.82, 2.24) is 10.4 Å². The molecule has 9 nitrogen and oxygen atoms in total. The molecule has 5 atom stereocenters. The van der Waals surface area contributed by atoms with E-state index in [0.717, 1.165) is 0 Å². The van der Waals surface area contributed by atoms with Crippen LogP contribution < -0.4 is 5.32 Å². The molecular weight excluding hydrogens is 344 g/mol. The fourth-order valence-corrected chi connectivity index (χ4v) is 4.05. The summed E-state index contributed by atoms with van der Waals surface area (Å²) in [5.74, 6) is -0.397. The van der Waals surface area contributed by atoms with Crippen LogP contribution in [0.3, 0.4) is 0 Å². The number of hydrogen-bond acceptors (Lipinski definition) is 8. The maximum Gasteiger partial charge on any atom is 0.217 e. The van der Waals surface area contributed by atoms with Crippen molar-refractivity contribution in [2.45, 2.75) is 95.3 Å². The SMILES string of the molecule is CC(=O)NC1C(OC2CC(C)(C)N(O)C(C)(C)C2)OC(CO)C(O)C1O. The van der Waals surface area contributed by atoms with Crippen molar-refractivity contribution in [3.05, 3.63) is 0 Å². The normalized spacial score (nSPS) is 38.1. The molecule has 0 aromatic carbocycles. The Balaban J connectivity index is 2.19. The largest absolute Gasteiger partial charge is 0.394 e. The van der Waals surface area contributed by atoms with Gasteiger partial charge in [-0.15, -0.1) is 0 Å². The quantitative estimate of drug-likeness (QED) is 0.438. The third-order valence-electron chi connectivity index (χ3n) is 5.18. The van der Waals surface area contributed by atoms with E-state index in [1.165, 1.54) is 12.0 Å². The highest BCUT2D eigenvalue weighted by molar-refractivity contribution is 5.73. The second-order valence-corrected chi connectivity index (χ2v) is 8.54. The summed E-state index contributed by atoms with van der Waals surface area (Å²) in [4.78, 5) is 11.5. The number of nitrogens with zero attached hydrogens (tertiary/aromatic N) is 1. The van der Waals surface area contributed by atoms with Crippen LogP contribution in [0.5, 0.6) is 0 Å². The van der Waals surface area contributed by atoms with Crippen LogP contribution >= 0.6 is 0 Å². The molecule has 0 aromatic heterocycles. The molecule has 0 spiro atoms. The lowest BCUT2D eigenvalue weighted by Gasteiger charge is -2.52. The van der Waals surface area contributed by atoms with Crippen LogP contribution in [-0.4, -0.2) is 85.9 Å². The van der Waals surface area contributed by atoms with E-state index < -0.39 is 54.2 Å². The third-order valence-corrected chi connectivity index (χ3v) is 5.18. The molecule has 5 unspecified atom stereocenters. The summed E-state index contributed by atoms with van der Waals surface area (Å²) in [6, 6.07) is -0.969.